The van der Waals surface area contributed by atoms with Crippen LogP contribution >= 0.6 is 11.3 Å². The molecule has 0 saturated heterocycles. The zero-order chi connectivity index (χ0) is 17.6. The van der Waals surface area contributed by atoms with Crippen LogP contribution in [0.5, 0.6) is 5.88 Å². The van der Waals surface area contributed by atoms with Crippen molar-refractivity contribution in [3.63, 3.8) is 0 Å². The van der Waals surface area contributed by atoms with Crippen LogP contribution in [-0.4, -0.2) is 9.78 Å². The molecule has 124 valence electrons. The van der Waals surface area contributed by atoms with Crippen LogP contribution < -0.4 is 10.5 Å². The van der Waals surface area contributed by atoms with E-state index >= 15 is 0 Å². The lowest BCUT2D eigenvalue weighted by molar-refractivity contribution is 0.367. The van der Waals surface area contributed by atoms with Crippen LogP contribution in [0.4, 0.5) is 0 Å². The Morgan fingerprint density at radius 3 is 2.64 bits per heavy atom. The highest BCUT2D eigenvalue weighted by Crippen LogP contribution is 2.44. The molecule has 2 N–H and O–H groups in total. The van der Waals surface area contributed by atoms with Crippen molar-refractivity contribution in [1.29, 1.82) is 5.26 Å². The normalized spacial score (nSPS) is 16.3. The van der Waals surface area contributed by atoms with Crippen LogP contribution in [0.15, 0.2) is 52.5 Å². The minimum Gasteiger partial charge on any atom is -0.422 e. The fourth-order valence-corrected chi connectivity index (χ4v) is 3.83. The number of aromatic nitrogens is 2. The smallest absolute Gasteiger partial charge is 0.229 e. The maximum atomic E-state index is 9.61. The molecule has 1 atom stereocenters. The number of hydrogen-bond donors (Lipinski definition) is 1. The number of fused-ring (bicyclic) bond motifs is 1. The molecule has 3 aromatic rings. The quantitative estimate of drug-likeness (QED) is 0.765. The van der Waals surface area contributed by atoms with E-state index in [1.54, 1.807) is 16.0 Å². The first-order valence-electron chi connectivity index (χ1n) is 7.86. The van der Waals surface area contributed by atoms with Crippen LogP contribution in [-0.2, 0) is 0 Å². The molecule has 6 heteroatoms. The summed E-state index contributed by atoms with van der Waals surface area (Å²) in [7, 11) is 0. The van der Waals surface area contributed by atoms with Gasteiger partial charge in [-0.25, -0.2) is 4.68 Å². The number of nitriles is 1. The Bertz CT molecular complexity index is 1010. The maximum Gasteiger partial charge on any atom is 0.229 e. The summed E-state index contributed by atoms with van der Waals surface area (Å²) in [5.74, 6) is 0.465. The van der Waals surface area contributed by atoms with Gasteiger partial charge in [0.2, 0.25) is 11.8 Å². The lowest BCUT2D eigenvalue weighted by atomic mass is 9.85. The van der Waals surface area contributed by atoms with E-state index in [1.165, 1.54) is 5.56 Å². The van der Waals surface area contributed by atoms with Gasteiger partial charge in [-0.05, 0) is 48.4 Å². The number of nitrogens with zero attached hydrogens (tertiary/aromatic N) is 3. The molecule has 0 saturated carbocycles. The molecule has 1 aliphatic rings. The number of thiophene rings is 1. The van der Waals surface area contributed by atoms with Gasteiger partial charge in [0, 0.05) is 0 Å². The molecule has 2 aromatic heterocycles. The molecule has 0 spiro atoms. The molecule has 0 unspecified atom stereocenters. The van der Waals surface area contributed by atoms with Crippen LogP contribution in [0.1, 0.15) is 28.3 Å². The molecule has 3 heterocycles. The summed E-state index contributed by atoms with van der Waals surface area (Å²) in [6.07, 6.45) is 0. The summed E-state index contributed by atoms with van der Waals surface area (Å²) in [5.41, 5.74) is 11.3. The van der Waals surface area contributed by atoms with Gasteiger partial charge < -0.3 is 10.5 Å². The molecular weight excluding hydrogens is 332 g/mol. The number of nitrogens with two attached hydrogens (primary N) is 1. The fourth-order valence-electron chi connectivity index (χ4n) is 3.15. The zero-order valence-corrected chi connectivity index (χ0v) is 14.7. The Hall–Kier alpha value is -3.04. The molecule has 0 radical (unpaired) electrons. The zero-order valence-electron chi connectivity index (χ0n) is 13.9. The van der Waals surface area contributed by atoms with Crippen molar-refractivity contribution in [1.82, 2.24) is 9.78 Å². The molecule has 0 fully saturated rings. The molecule has 0 aliphatic carbocycles. The van der Waals surface area contributed by atoms with E-state index in [4.69, 9.17) is 10.5 Å². The van der Waals surface area contributed by atoms with E-state index in [1.807, 2.05) is 54.9 Å². The Morgan fingerprint density at radius 2 is 2.00 bits per heavy atom. The van der Waals surface area contributed by atoms with Gasteiger partial charge in [-0.15, -0.1) is 0 Å². The van der Waals surface area contributed by atoms with Crippen molar-refractivity contribution >= 4 is 11.3 Å². The molecule has 1 aromatic carbocycles. The van der Waals surface area contributed by atoms with Crippen LogP contribution in [0, 0.1) is 25.2 Å². The second-order valence-corrected chi connectivity index (χ2v) is 6.81. The minimum atomic E-state index is -0.251. The molecule has 5 nitrogen and oxygen atoms in total. The van der Waals surface area contributed by atoms with Gasteiger partial charge in [0.1, 0.15) is 11.6 Å². The SMILES string of the molecule is Cc1ccc(-n2nc(C)c3c2OC(N)=C(C#N)[C@H]3c2ccsc2)cc1. The largest absolute Gasteiger partial charge is 0.422 e. The van der Waals surface area contributed by atoms with Crippen molar-refractivity contribution in [2.75, 3.05) is 0 Å². The monoisotopic (exact) mass is 348 g/mol. The highest BCUT2D eigenvalue weighted by molar-refractivity contribution is 7.08. The molecule has 4 rings (SSSR count). The van der Waals surface area contributed by atoms with Gasteiger partial charge in [0.25, 0.3) is 0 Å². The number of aryl methyl sites for hydroxylation is 2. The number of rotatable bonds is 2. The molecule has 0 bridgehead atoms. The first-order valence-corrected chi connectivity index (χ1v) is 8.80. The van der Waals surface area contributed by atoms with Gasteiger partial charge in [-0.3, -0.25) is 0 Å². The second kappa shape index (κ2) is 5.80. The molecule has 1 aliphatic heterocycles. The third-order valence-electron chi connectivity index (χ3n) is 4.39. The topological polar surface area (TPSA) is 76.9 Å². The summed E-state index contributed by atoms with van der Waals surface area (Å²) < 4.78 is 7.59. The Morgan fingerprint density at radius 1 is 1.24 bits per heavy atom. The van der Waals surface area contributed by atoms with Gasteiger partial charge >= 0.3 is 0 Å². The number of ether oxygens (including phenoxy) is 1. The van der Waals surface area contributed by atoms with Crippen molar-refractivity contribution in [3.05, 3.63) is 74.9 Å². The first kappa shape index (κ1) is 15.5. The van der Waals surface area contributed by atoms with Gasteiger partial charge in [-0.2, -0.15) is 21.7 Å². The molecule has 25 heavy (non-hydrogen) atoms. The number of benzene rings is 1. The summed E-state index contributed by atoms with van der Waals surface area (Å²) in [4.78, 5) is 0. The number of hydrogen-bond acceptors (Lipinski definition) is 5. The van der Waals surface area contributed by atoms with Gasteiger partial charge in [0.05, 0.1) is 22.9 Å². The van der Waals surface area contributed by atoms with Gasteiger partial charge in [0.15, 0.2) is 0 Å². The first-order chi connectivity index (χ1) is 12.1. The van der Waals surface area contributed by atoms with E-state index in [9.17, 15) is 5.26 Å². The third-order valence-corrected chi connectivity index (χ3v) is 5.09. The highest BCUT2D eigenvalue weighted by atomic mass is 32.1. The minimum absolute atomic E-state index is 0.138. The van der Waals surface area contributed by atoms with Crippen molar-refractivity contribution in [2.45, 2.75) is 19.8 Å². The van der Waals surface area contributed by atoms with Crippen LogP contribution in [0.2, 0.25) is 0 Å². The Labute approximate surface area is 149 Å². The van der Waals surface area contributed by atoms with E-state index in [-0.39, 0.29) is 11.8 Å². The molecule has 0 amide bonds. The van der Waals surface area contributed by atoms with Crippen molar-refractivity contribution in [3.8, 4) is 17.6 Å². The fraction of sp³-hybridized carbons (Fsp3) is 0.158. The Kier molecular flexibility index (Phi) is 3.59. The standard InChI is InChI=1S/C19H16N4OS/c1-11-3-5-14(6-4-11)23-19-16(12(2)22-23)17(13-7-8-25-10-13)15(9-20)18(21)24-19/h3-8,10,17H,21H2,1-2H3/t17-/m1/s1. The van der Waals surface area contributed by atoms with Crippen molar-refractivity contribution in [2.24, 2.45) is 5.73 Å². The van der Waals surface area contributed by atoms with Crippen LogP contribution in [0.25, 0.3) is 5.69 Å². The summed E-state index contributed by atoms with van der Waals surface area (Å²) in [6, 6.07) is 12.3. The van der Waals surface area contributed by atoms with Crippen LogP contribution in [0.3, 0.4) is 0 Å². The van der Waals surface area contributed by atoms with E-state index < -0.39 is 0 Å². The average molecular weight is 348 g/mol. The predicted octanol–water partition coefficient (Wildman–Crippen LogP) is 3.77. The number of allylic oxidation sites excluding steroid dienone is 1. The van der Waals surface area contributed by atoms with Gasteiger partial charge in [-0.1, -0.05) is 17.7 Å². The van der Waals surface area contributed by atoms with E-state index in [0.717, 1.165) is 22.5 Å². The lowest BCUT2D eigenvalue weighted by Gasteiger charge is -2.24. The van der Waals surface area contributed by atoms with E-state index in [0.29, 0.717) is 11.5 Å². The lowest BCUT2D eigenvalue weighted by Crippen LogP contribution is -2.21. The Balaban J connectivity index is 1.94. The summed E-state index contributed by atoms with van der Waals surface area (Å²) >= 11 is 1.59. The summed E-state index contributed by atoms with van der Waals surface area (Å²) in [5, 5.41) is 18.3. The van der Waals surface area contributed by atoms with E-state index in [2.05, 4.69) is 11.2 Å². The average Bonchev–Trinajstić information content (AvgIpc) is 3.23. The molecular formula is C19H16N4OS. The predicted molar refractivity (Wildman–Crippen MR) is 96.7 cm³/mol. The second-order valence-electron chi connectivity index (χ2n) is 6.03. The third kappa shape index (κ3) is 2.41. The summed E-state index contributed by atoms with van der Waals surface area (Å²) in [6.45, 7) is 3.97. The maximum absolute atomic E-state index is 9.61. The highest BCUT2D eigenvalue weighted by Gasteiger charge is 2.36. The van der Waals surface area contributed by atoms with Crippen molar-refractivity contribution < 1.29 is 4.74 Å².